The summed E-state index contributed by atoms with van der Waals surface area (Å²) in [5.41, 5.74) is -1.34. The molecule has 0 heterocycles. The molecule has 0 fully saturated rings. The van der Waals surface area contributed by atoms with Crippen molar-refractivity contribution < 1.29 is 51.6 Å². The Labute approximate surface area is 306 Å². The quantitative estimate of drug-likeness (QED) is 0.0104. The maximum Gasteiger partial charge on any atom is 0.311 e. The minimum Gasteiger partial charge on any atom is -0.465 e. The number of hydrogen-bond donors (Lipinski definition) is 1. The van der Waals surface area contributed by atoms with Crippen LogP contribution in [0, 0.1) is 28.1 Å². The van der Waals surface area contributed by atoms with Crippen LogP contribution in [0.3, 0.4) is 0 Å². The molecule has 4 unspecified atom stereocenters. The molecule has 0 aromatic heterocycles. The van der Waals surface area contributed by atoms with E-state index >= 15 is 0 Å². The smallest absolute Gasteiger partial charge is 0.311 e. The summed E-state index contributed by atoms with van der Waals surface area (Å²) in [6.45, 7) is 11.6. The van der Waals surface area contributed by atoms with Crippen molar-refractivity contribution >= 4 is 28.3 Å². The molecule has 0 aromatic carbocycles. The normalized spacial score (nSPS) is 14.3. The molecular weight excluding hydrogens is 684 g/mol. The fourth-order valence-electron chi connectivity index (χ4n) is 5.23. The maximum absolute atomic E-state index is 13.3. The number of carbonyl (C=O) groups excluding carboxylic acids is 2. The number of nitroso groups, excluding NO2 is 1. The summed E-state index contributed by atoms with van der Waals surface area (Å²) in [5.74, 6) is 3.16. The first kappa shape index (κ1) is 48.5. The summed E-state index contributed by atoms with van der Waals surface area (Å²) < 4.78 is 46.7. The van der Waals surface area contributed by atoms with Crippen LogP contribution >= 0.6 is 0 Å². The Morgan fingerprint density at radius 3 is 2.04 bits per heavy atom. The third kappa shape index (κ3) is 25.2. The number of hydrogen-bond acceptors (Lipinski definition) is 12. The van der Waals surface area contributed by atoms with Gasteiger partial charge in [0.15, 0.2) is 0 Å². The first-order valence-electron chi connectivity index (χ1n) is 18.5. The molecule has 0 rings (SSSR count). The molecule has 0 spiro atoms. The van der Waals surface area contributed by atoms with E-state index in [0.29, 0.717) is 19.4 Å². The van der Waals surface area contributed by atoms with Crippen molar-refractivity contribution in [3.63, 3.8) is 0 Å². The van der Waals surface area contributed by atoms with Gasteiger partial charge >= 0.3 is 11.9 Å². The van der Waals surface area contributed by atoms with Crippen molar-refractivity contribution in [3.8, 4) is 11.8 Å². The van der Waals surface area contributed by atoms with Gasteiger partial charge in [0.25, 0.3) is 10.1 Å². The van der Waals surface area contributed by atoms with Gasteiger partial charge in [0.05, 0.1) is 53.9 Å². The number of ether oxygens (including phenoxy) is 2. The fraction of sp³-hybridized carbons (Fsp3) is 0.861. The fourth-order valence-corrected chi connectivity index (χ4v) is 6.31. The molecule has 0 saturated carbocycles. The van der Waals surface area contributed by atoms with Crippen LogP contribution in [-0.4, -0.2) is 75.0 Å². The molecule has 0 radical (unpaired) electrons. The van der Waals surface area contributed by atoms with Crippen molar-refractivity contribution in [2.75, 3.05) is 26.4 Å². The zero-order valence-corrected chi connectivity index (χ0v) is 32.6. The summed E-state index contributed by atoms with van der Waals surface area (Å²) in [6.07, 6.45) is 10.2. The van der Waals surface area contributed by atoms with Crippen LogP contribution in [0.15, 0.2) is 10.4 Å². The lowest BCUT2D eigenvalue weighted by Gasteiger charge is -2.30. The third-order valence-corrected chi connectivity index (χ3v) is 9.40. The van der Waals surface area contributed by atoms with E-state index in [4.69, 9.17) is 29.0 Å². The summed E-state index contributed by atoms with van der Waals surface area (Å²) in [6, 6.07) is 0. The predicted octanol–water partition coefficient (Wildman–Crippen LogP) is 7.68. The topological polar surface area (TPSA) is 186 Å². The van der Waals surface area contributed by atoms with E-state index in [1.807, 2.05) is 13.8 Å². The standard InChI is InChI=1S/C36H64N2O12S/c1-7-11-13-14-15-16-17-21-25-48-50-32(27-30(34(39)45-23-12-8-2)26-31(9-3)49-47-10-4)28-33(51(42,43)44)29-36(5,6)35(40)46-24-20-18-19-22-37-38-41/h22,30-33H,7-17,20-21,23-29H2,1-6H3,(H,42,43,44)/b37-22+. The molecule has 0 aliphatic heterocycles. The van der Waals surface area contributed by atoms with Crippen LogP contribution in [0.25, 0.3) is 0 Å². The Morgan fingerprint density at radius 2 is 1.43 bits per heavy atom. The number of nitrogens with zero attached hydrogens (tertiary/aromatic N) is 2. The Kier molecular flexibility index (Phi) is 28.6. The average Bonchev–Trinajstić information content (AvgIpc) is 3.08. The molecule has 0 aliphatic carbocycles. The maximum atomic E-state index is 13.3. The largest absolute Gasteiger partial charge is 0.465 e. The van der Waals surface area contributed by atoms with Crippen LogP contribution in [0.1, 0.15) is 144 Å². The van der Waals surface area contributed by atoms with Gasteiger partial charge in [0, 0.05) is 6.42 Å². The Morgan fingerprint density at radius 1 is 0.804 bits per heavy atom. The molecule has 14 nitrogen and oxygen atoms in total. The van der Waals surface area contributed by atoms with Crippen LogP contribution in [0.2, 0.25) is 0 Å². The Hall–Kier alpha value is -2.48. The van der Waals surface area contributed by atoms with Gasteiger partial charge in [-0.1, -0.05) is 84.0 Å². The molecule has 0 aliphatic rings. The van der Waals surface area contributed by atoms with Crippen LogP contribution < -0.4 is 0 Å². The van der Waals surface area contributed by atoms with E-state index in [9.17, 15) is 27.5 Å². The second-order valence-corrected chi connectivity index (χ2v) is 14.9. The van der Waals surface area contributed by atoms with Crippen molar-refractivity contribution in [3.05, 3.63) is 4.91 Å². The lowest BCUT2D eigenvalue weighted by Crippen LogP contribution is -2.38. The van der Waals surface area contributed by atoms with Crippen LogP contribution in [-0.2, 0) is 48.7 Å². The van der Waals surface area contributed by atoms with Crippen molar-refractivity contribution in [2.24, 2.45) is 21.7 Å². The molecule has 0 bridgehead atoms. The van der Waals surface area contributed by atoms with Gasteiger partial charge in [-0.05, 0) is 65.7 Å². The van der Waals surface area contributed by atoms with Gasteiger partial charge in [-0.2, -0.15) is 8.42 Å². The van der Waals surface area contributed by atoms with Gasteiger partial charge in [-0.15, -0.1) is 10.0 Å². The van der Waals surface area contributed by atoms with Gasteiger partial charge < -0.3 is 9.47 Å². The molecule has 1 N–H and O–H groups in total. The van der Waals surface area contributed by atoms with E-state index in [1.54, 1.807) is 6.92 Å². The summed E-state index contributed by atoms with van der Waals surface area (Å²) in [5, 5.41) is 3.91. The average molecular weight is 749 g/mol. The molecule has 51 heavy (non-hydrogen) atoms. The monoisotopic (exact) mass is 748 g/mol. The number of unbranched alkanes of at least 4 members (excludes halogenated alkanes) is 8. The minimum absolute atomic E-state index is 0.00681. The highest BCUT2D eigenvalue weighted by atomic mass is 32.2. The lowest BCUT2D eigenvalue weighted by atomic mass is 9.85. The van der Waals surface area contributed by atoms with Gasteiger partial charge in [-0.3, -0.25) is 14.1 Å². The number of rotatable bonds is 32. The molecule has 0 amide bonds. The van der Waals surface area contributed by atoms with Crippen LogP contribution in [0.4, 0.5) is 0 Å². The predicted molar refractivity (Wildman–Crippen MR) is 195 cm³/mol. The Balaban J connectivity index is 5.95. The molecule has 4 atom stereocenters. The van der Waals surface area contributed by atoms with Gasteiger partial charge in [0.2, 0.25) is 0 Å². The van der Waals surface area contributed by atoms with E-state index < -0.39 is 50.8 Å². The van der Waals surface area contributed by atoms with Crippen molar-refractivity contribution in [1.29, 1.82) is 0 Å². The Bertz CT molecular complexity index is 1140. The number of carbonyl (C=O) groups is 2. The van der Waals surface area contributed by atoms with Crippen LogP contribution in [0.5, 0.6) is 0 Å². The third-order valence-electron chi connectivity index (χ3n) is 8.20. The minimum atomic E-state index is -4.71. The zero-order valence-electron chi connectivity index (χ0n) is 31.8. The first-order valence-corrected chi connectivity index (χ1v) is 20.1. The first-order chi connectivity index (χ1) is 24.4. The summed E-state index contributed by atoms with van der Waals surface area (Å²) in [4.78, 5) is 58.3. The van der Waals surface area contributed by atoms with Crippen molar-refractivity contribution in [1.82, 2.24) is 0 Å². The number of esters is 2. The second kappa shape index (κ2) is 30.0. The SMILES string of the molecule is CCCCCCCCCCOOC(CC(CC(CC)OOCC)C(=O)OCCCC)CC(CC(C)(C)C(=O)OCCC#C/C=N/N=O)S(=O)(=O)O. The summed E-state index contributed by atoms with van der Waals surface area (Å²) in [7, 11) is -4.71. The highest BCUT2D eigenvalue weighted by Gasteiger charge is 2.40. The van der Waals surface area contributed by atoms with Gasteiger partial charge in [-0.25, -0.2) is 19.6 Å². The van der Waals surface area contributed by atoms with Crippen molar-refractivity contribution in [2.45, 2.75) is 162 Å². The molecule has 15 heteroatoms. The second-order valence-electron chi connectivity index (χ2n) is 13.2. The molecular formula is C36H64N2O12S. The lowest BCUT2D eigenvalue weighted by molar-refractivity contribution is -0.332. The zero-order chi connectivity index (χ0) is 38.4. The highest BCUT2D eigenvalue weighted by molar-refractivity contribution is 7.86. The van der Waals surface area contributed by atoms with Gasteiger partial charge in [0.1, 0.15) is 12.8 Å². The molecule has 296 valence electrons. The summed E-state index contributed by atoms with van der Waals surface area (Å²) >= 11 is 0. The van der Waals surface area contributed by atoms with E-state index in [1.165, 1.54) is 39.5 Å². The highest BCUT2D eigenvalue weighted by Crippen LogP contribution is 2.32. The van der Waals surface area contributed by atoms with E-state index in [-0.39, 0.29) is 51.9 Å². The molecule has 0 saturated heterocycles. The van der Waals surface area contributed by atoms with E-state index in [0.717, 1.165) is 38.3 Å². The molecule has 0 aromatic rings. The van der Waals surface area contributed by atoms with E-state index in [2.05, 4.69) is 29.2 Å².